The molecule has 0 heterocycles. The molecule has 226 valence electrons. The molecular weight excluding hydrogens is 476 g/mol. The lowest BCUT2D eigenvalue weighted by atomic mass is 10.0. The average molecular weight is 543 g/mol. The predicted molar refractivity (Wildman–Crippen MR) is 172 cm³/mol. The largest absolute Gasteiger partial charge is 0.427 e. The number of benzene rings is 1. The van der Waals surface area contributed by atoms with Crippen LogP contribution < -0.4 is 4.74 Å². The molecule has 0 aromatic heterocycles. The van der Waals surface area contributed by atoms with Crippen molar-refractivity contribution in [2.24, 2.45) is 0 Å². The van der Waals surface area contributed by atoms with Gasteiger partial charge in [0.15, 0.2) is 0 Å². The number of para-hydroxylation sites is 1. The summed E-state index contributed by atoms with van der Waals surface area (Å²) in [5.41, 5.74) is 0. The zero-order valence-electron chi connectivity index (χ0n) is 26.2. The van der Waals surface area contributed by atoms with Gasteiger partial charge in [-0.3, -0.25) is 4.79 Å². The fourth-order valence-electron chi connectivity index (χ4n) is 5.61. The second-order valence-corrected chi connectivity index (χ2v) is 12.1. The van der Waals surface area contributed by atoms with E-state index in [2.05, 4.69) is 6.92 Å². The van der Waals surface area contributed by atoms with Crippen LogP contribution in [0.4, 0.5) is 0 Å². The van der Waals surface area contributed by atoms with Crippen molar-refractivity contribution in [3.63, 3.8) is 0 Å². The van der Waals surface area contributed by atoms with Gasteiger partial charge in [-0.15, -0.1) is 0 Å². The summed E-state index contributed by atoms with van der Waals surface area (Å²) in [7, 11) is 0. The number of esters is 1. The van der Waals surface area contributed by atoms with E-state index in [1.54, 1.807) is 0 Å². The lowest BCUT2D eigenvalue weighted by Crippen LogP contribution is -2.07. The van der Waals surface area contributed by atoms with Crippen molar-refractivity contribution in [1.82, 2.24) is 0 Å². The quantitative estimate of drug-likeness (QED) is 0.0549. The van der Waals surface area contributed by atoms with Crippen LogP contribution in [0.5, 0.6) is 5.75 Å². The summed E-state index contributed by atoms with van der Waals surface area (Å²) in [4.78, 5) is 11.8. The molecule has 2 nitrogen and oxygen atoms in total. The van der Waals surface area contributed by atoms with Gasteiger partial charge in [-0.05, 0) is 18.6 Å². The van der Waals surface area contributed by atoms with Gasteiger partial charge >= 0.3 is 5.97 Å². The van der Waals surface area contributed by atoms with Crippen LogP contribution >= 0.6 is 0 Å². The Morgan fingerprint density at radius 1 is 0.436 bits per heavy atom. The Balaban J connectivity index is 1.66. The molecule has 0 spiro atoms. The van der Waals surface area contributed by atoms with Crippen LogP contribution in [0.3, 0.4) is 0 Å². The van der Waals surface area contributed by atoms with E-state index in [0.29, 0.717) is 12.2 Å². The van der Waals surface area contributed by atoms with Crippen molar-refractivity contribution in [3.05, 3.63) is 30.3 Å². The minimum absolute atomic E-state index is 0.101. The van der Waals surface area contributed by atoms with Gasteiger partial charge in [0, 0.05) is 6.42 Å². The zero-order valence-corrected chi connectivity index (χ0v) is 26.2. The summed E-state index contributed by atoms with van der Waals surface area (Å²) >= 11 is 0. The highest BCUT2D eigenvalue weighted by molar-refractivity contribution is 5.72. The SMILES string of the molecule is CCCCCCCCCCCCCCCCCCCCCCCCCCCCCCC(=O)Oc1ccccc1. The van der Waals surface area contributed by atoms with E-state index in [0.717, 1.165) is 12.8 Å². The molecule has 0 N–H and O–H groups in total. The van der Waals surface area contributed by atoms with Crippen LogP contribution in [-0.2, 0) is 4.79 Å². The summed E-state index contributed by atoms with van der Waals surface area (Å²) in [5, 5.41) is 0. The van der Waals surface area contributed by atoms with E-state index in [1.165, 1.54) is 167 Å². The molecule has 0 aliphatic carbocycles. The van der Waals surface area contributed by atoms with Crippen molar-refractivity contribution in [2.75, 3.05) is 0 Å². The number of hydrogen-bond acceptors (Lipinski definition) is 2. The number of rotatable bonds is 30. The smallest absolute Gasteiger partial charge is 0.311 e. The van der Waals surface area contributed by atoms with E-state index in [-0.39, 0.29) is 5.97 Å². The molecule has 1 rings (SSSR count). The highest BCUT2D eigenvalue weighted by Crippen LogP contribution is 2.17. The molecule has 0 aliphatic heterocycles. The first-order chi connectivity index (χ1) is 19.3. The molecular formula is C37H66O2. The van der Waals surface area contributed by atoms with Crippen molar-refractivity contribution < 1.29 is 9.53 Å². The molecule has 0 radical (unpaired) electrons. The minimum atomic E-state index is -0.101. The van der Waals surface area contributed by atoms with Crippen LogP contribution in [0.15, 0.2) is 30.3 Å². The highest BCUT2D eigenvalue weighted by Gasteiger charge is 2.04. The Labute approximate surface area is 244 Å². The maximum atomic E-state index is 11.8. The van der Waals surface area contributed by atoms with Crippen LogP contribution in [-0.4, -0.2) is 5.97 Å². The summed E-state index contributed by atoms with van der Waals surface area (Å²) in [5.74, 6) is 0.554. The van der Waals surface area contributed by atoms with Crippen LogP contribution in [0, 0.1) is 0 Å². The third-order valence-electron chi connectivity index (χ3n) is 8.21. The van der Waals surface area contributed by atoms with Crippen LogP contribution in [0.1, 0.15) is 193 Å². The molecule has 0 unspecified atom stereocenters. The highest BCUT2D eigenvalue weighted by atomic mass is 16.5. The molecule has 2 heteroatoms. The van der Waals surface area contributed by atoms with E-state index in [9.17, 15) is 4.79 Å². The van der Waals surface area contributed by atoms with Crippen molar-refractivity contribution in [2.45, 2.75) is 193 Å². The third kappa shape index (κ3) is 26.7. The Bertz CT molecular complexity index is 611. The van der Waals surface area contributed by atoms with Gasteiger partial charge in [-0.1, -0.05) is 198 Å². The lowest BCUT2D eigenvalue weighted by Gasteiger charge is -2.05. The fourth-order valence-corrected chi connectivity index (χ4v) is 5.61. The number of carbonyl (C=O) groups excluding carboxylic acids is 1. The average Bonchev–Trinajstić information content (AvgIpc) is 2.95. The second-order valence-electron chi connectivity index (χ2n) is 12.1. The lowest BCUT2D eigenvalue weighted by molar-refractivity contribution is -0.134. The molecule has 1 aromatic carbocycles. The molecule has 0 amide bonds. The molecule has 0 atom stereocenters. The Hall–Kier alpha value is -1.31. The third-order valence-corrected chi connectivity index (χ3v) is 8.21. The zero-order chi connectivity index (χ0) is 27.9. The fraction of sp³-hybridized carbons (Fsp3) is 0.811. The van der Waals surface area contributed by atoms with Gasteiger partial charge in [0.25, 0.3) is 0 Å². The van der Waals surface area contributed by atoms with Crippen LogP contribution in [0.25, 0.3) is 0 Å². The van der Waals surface area contributed by atoms with Crippen LogP contribution in [0.2, 0.25) is 0 Å². The minimum Gasteiger partial charge on any atom is -0.427 e. The molecule has 0 aliphatic rings. The predicted octanol–water partition coefficient (Wildman–Crippen LogP) is 12.9. The monoisotopic (exact) mass is 543 g/mol. The van der Waals surface area contributed by atoms with Gasteiger partial charge < -0.3 is 4.74 Å². The second kappa shape index (κ2) is 29.7. The Morgan fingerprint density at radius 3 is 1.03 bits per heavy atom. The normalized spacial score (nSPS) is 11.2. The number of ether oxygens (including phenoxy) is 1. The van der Waals surface area contributed by atoms with Gasteiger partial charge in [-0.25, -0.2) is 0 Å². The first kappa shape index (κ1) is 35.7. The molecule has 0 bridgehead atoms. The van der Waals surface area contributed by atoms with E-state index in [4.69, 9.17) is 4.74 Å². The van der Waals surface area contributed by atoms with Crippen molar-refractivity contribution in [3.8, 4) is 5.75 Å². The number of carbonyl (C=O) groups is 1. The first-order valence-corrected chi connectivity index (χ1v) is 17.6. The summed E-state index contributed by atoms with van der Waals surface area (Å²) < 4.78 is 5.34. The van der Waals surface area contributed by atoms with E-state index >= 15 is 0 Å². The standard InChI is InChI=1S/C37H66O2/c1-2-3-4-5-6-7-8-9-10-11-12-13-14-15-16-17-18-19-20-21-22-23-24-25-26-27-28-32-35-37(38)39-36-33-30-29-31-34-36/h29-31,33-34H,2-28,32,35H2,1H3. The topological polar surface area (TPSA) is 26.3 Å². The van der Waals surface area contributed by atoms with Crippen molar-refractivity contribution in [1.29, 1.82) is 0 Å². The maximum absolute atomic E-state index is 11.8. The number of unbranched alkanes of at least 4 members (excludes halogenated alkanes) is 27. The molecule has 1 aromatic rings. The van der Waals surface area contributed by atoms with E-state index < -0.39 is 0 Å². The van der Waals surface area contributed by atoms with Gasteiger partial charge in [0.1, 0.15) is 5.75 Å². The molecule has 0 fully saturated rings. The van der Waals surface area contributed by atoms with Gasteiger partial charge in [-0.2, -0.15) is 0 Å². The molecule has 0 saturated carbocycles. The van der Waals surface area contributed by atoms with Gasteiger partial charge in [0.2, 0.25) is 0 Å². The maximum Gasteiger partial charge on any atom is 0.311 e. The summed E-state index contributed by atoms with van der Waals surface area (Å²) in [6.07, 6.45) is 39.9. The van der Waals surface area contributed by atoms with Gasteiger partial charge in [0.05, 0.1) is 0 Å². The first-order valence-electron chi connectivity index (χ1n) is 17.6. The summed E-state index contributed by atoms with van der Waals surface area (Å²) in [6.45, 7) is 2.30. The molecule has 0 saturated heterocycles. The van der Waals surface area contributed by atoms with E-state index in [1.807, 2.05) is 30.3 Å². The molecule has 39 heavy (non-hydrogen) atoms. The Kier molecular flexibility index (Phi) is 27.2. The Morgan fingerprint density at radius 2 is 0.718 bits per heavy atom. The summed E-state index contributed by atoms with van der Waals surface area (Å²) in [6, 6.07) is 9.39. The van der Waals surface area contributed by atoms with Crippen molar-refractivity contribution >= 4 is 5.97 Å². The number of hydrogen-bond donors (Lipinski definition) is 0.